The summed E-state index contributed by atoms with van der Waals surface area (Å²) in [5.74, 6) is -0.817. The van der Waals surface area contributed by atoms with Gasteiger partial charge in [-0.1, -0.05) is 17.7 Å². The van der Waals surface area contributed by atoms with E-state index in [1.54, 1.807) is 12.1 Å². The number of nitrogens with one attached hydrogen (secondary N) is 1. The Morgan fingerprint density at radius 3 is 2.74 bits per heavy atom. The summed E-state index contributed by atoms with van der Waals surface area (Å²) < 4.78 is 33.3. The van der Waals surface area contributed by atoms with Gasteiger partial charge in [-0.25, -0.2) is 9.37 Å². The van der Waals surface area contributed by atoms with Crippen molar-refractivity contribution in [2.24, 2.45) is 0 Å². The summed E-state index contributed by atoms with van der Waals surface area (Å²) in [4.78, 5) is 8.01. The number of ether oxygens (including phenoxy) is 1. The Bertz CT molecular complexity index is 693. The van der Waals surface area contributed by atoms with E-state index in [0.29, 0.717) is 16.4 Å². The van der Waals surface area contributed by atoms with Crippen molar-refractivity contribution in [1.29, 1.82) is 0 Å². The summed E-state index contributed by atoms with van der Waals surface area (Å²) in [6, 6.07) is 4.39. The van der Waals surface area contributed by atoms with Crippen molar-refractivity contribution >= 4 is 11.6 Å². The molecule has 3 rings (SSSR count). The second-order valence-corrected chi connectivity index (χ2v) is 5.86. The van der Waals surface area contributed by atoms with E-state index in [9.17, 15) is 8.78 Å². The van der Waals surface area contributed by atoms with E-state index in [0.717, 1.165) is 32.1 Å². The Morgan fingerprint density at radius 1 is 1.22 bits per heavy atom. The molecule has 1 aromatic carbocycles. The summed E-state index contributed by atoms with van der Waals surface area (Å²) >= 11 is 5.73. The molecule has 4 nitrogen and oxygen atoms in total. The first-order valence-electron chi connectivity index (χ1n) is 7.44. The van der Waals surface area contributed by atoms with Crippen molar-refractivity contribution in [1.82, 2.24) is 15.3 Å². The molecule has 1 fully saturated rings. The maximum absolute atomic E-state index is 13.8. The van der Waals surface area contributed by atoms with E-state index in [1.165, 1.54) is 6.07 Å². The second kappa shape index (κ2) is 7.19. The molecule has 0 saturated carbocycles. The van der Waals surface area contributed by atoms with E-state index in [2.05, 4.69) is 15.3 Å². The molecule has 0 aliphatic carbocycles. The van der Waals surface area contributed by atoms with Crippen LogP contribution in [0.25, 0.3) is 0 Å². The average molecular weight is 340 g/mol. The minimum atomic E-state index is -0.608. The van der Waals surface area contributed by atoms with Crippen LogP contribution >= 0.6 is 11.6 Å². The second-order valence-electron chi connectivity index (χ2n) is 5.42. The van der Waals surface area contributed by atoms with Gasteiger partial charge < -0.3 is 10.1 Å². The highest BCUT2D eigenvalue weighted by Gasteiger charge is 2.18. The highest BCUT2D eigenvalue weighted by atomic mass is 35.5. The molecule has 0 radical (unpaired) electrons. The molecule has 1 N–H and O–H groups in total. The van der Waals surface area contributed by atoms with Gasteiger partial charge in [0.25, 0.3) is 5.88 Å². The lowest BCUT2D eigenvalue weighted by Crippen LogP contribution is -2.34. The lowest BCUT2D eigenvalue weighted by Gasteiger charge is -2.23. The lowest BCUT2D eigenvalue weighted by atomic mass is 10.1. The molecule has 1 aliphatic rings. The van der Waals surface area contributed by atoms with Crippen LogP contribution in [0.3, 0.4) is 0 Å². The molecule has 1 saturated heterocycles. The number of piperidine rings is 1. The van der Waals surface area contributed by atoms with Gasteiger partial charge in [0.1, 0.15) is 17.7 Å². The van der Waals surface area contributed by atoms with Crippen LogP contribution in [-0.4, -0.2) is 29.2 Å². The van der Waals surface area contributed by atoms with E-state index in [-0.39, 0.29) is 18.4 Å². The fourth-order valence-corrected chi connectivity index (χ4v) is 2.62. The van der Waals surface area contributed by atoms with Crippen LogP contribution in [0.2, 0.25) is 5.02 Å². The van der Waals surface area contributed by atoms with Gasteiger partial charge in [-0.15, -0.1) is 0 Å². The summed E-state index contributed by atoms with van der Waals surface area (Å²) in [5.41, 5.74) is 0.397. The van der Waals surface area contributed by atoms with Crippen LogP contribution in [0.1, 0.15) is 24.2 Å². The monoisotopic (exact) mass is 339 g/mol. The maximum Gasteiger partial charge on any atom is 0.254 e. The summed E-state index contributed by atoms with van der Waals surface area (Å²) in [6.07, 6.45) is 2.73. The summed E-state index contributed by atoms with van der Waals surface area (Å²) in [6.45, 7) is 1.67. The number of hydrogen-bond acceptors (Lipinski definition) is 4. The first kappa shape index (κ1) is 16.1. The third-order valence-electron chi connectivity index (χ3n) is 3.69. The molecule has 0 amide bonds. The Kier molecular flexibility index (Phi) is 5.03. The summed E-state index contributed by atoms with van der Waals surface area (Å²) in [5, 5.41) is 3.53. The smallest absolute Gasteiger partial charge is 0.254 e. The first-order valence-corrected chi connectivity index (χ1v) is 7.82. The van der Waals surface area contributed by atoms with Gasteiger partial charge in [-0.2, -0.15) is 9.37 Å². The maximum atomic E-state index is 13.8. The minimum absolute atomic E-state index is 0.0687. The van der Waals surface area contributed by atoms with Crippen molar-refractivity contribution in [3.8, 4) is 5.88 Å². The van der Waals surface area contributed by atoms with Crippen molar-refractivity contribution in [3.05, 3.63) is 52.4 Å². The molecule has 2 heterocycles. The fraction of sp³-hybridized carbons (Fsp3) is 0.375. The first-order chi connectivity index (χ1) is 11.1. The van der Waals surface area contributed by atoms with Crippen molar-refractivity contribution in [2.45, 2.75) is 25.4 Å². The van der Waals surface area contributed by atoms with Gasteiger partial charge >= 0.3 is 0 Å². The van der Waals surface area contributed by atoms with Gasteiger partial charge in [-0.05, 0) is 43.6 Å². The Hall–Kier alpha value is -1.79. The van der Waals surface area contributed by atoms with Crippen LogP contribution in [0.5, 0.6) is 5.88 Å². The number of aromatic nitrogens is 2. The molecule has 23 heavy (non-hydrogen) atoms. The number of nitrogens with zero attached hydrogens (tertiary/aromatic N) is 2. The number of halogens is 3. The fourth-order valence-electron chi connectivity index (χ4n) is 2.46. The number of hydrogen-bond donors (Lipinski definition) is 1. The van der Waals surface area contributed by atoms with Crippen LogP contribution in [0, 0.1) is 11.6 Å². The molecule has 0 atom stereocenters. The zero-order valence-corrected chi connectivity index (χ0v) is 13.1. The number of rotatable bonds is 4. The van der Waals surface area contributed by atoms with E-state index >= 15 is 0 Å². The van der Waals surface area contributed by atoms with Crippen molar-refractivity contribution in [2.75, 3.05) is 13.1 Å². The topological polar surface area (TPSA) is 47.0 Å². The average Bonchev–Trinajstić information content (AvgIpc) is 2.54. The van der Waals surface area contributed by atoms with Gasteiger partial charge in [0.2, 0.25) is 5.82 Å². The molecular weight excluding hydrogens is 324 g/mol. The Labute approximate surface area is 137 Å². The highest BCUT2D eigenvalue weighted by Crippen LogP contribution is 2.20. The van der Waals surface area contributed by atoms with Gasteiger partial charge in [0.15, 0.2) is 0 Å². The minimum Gasteiger partial charge on any atom is -0.472 e. The van der Waals surface area contributed by atoms with Gasteiger partial charge in [0.05, 0.1) is 6.20 Å². The van der Waals surface area contributed by atoms with E-state index in [4.69, 9.17) is 16.3 Å². The predicted molar refractivity (Wildman–Crippen MR) is 82.7 cm³/mol. The molecule has 0 unspecified atom stereocenters. The number of benzene rings is 1. The SMILES string of the molecule is Fc1cc(Cl)ccc1Cc1ncc(F)c(OC2CCNCC2)n1. The van der Waals surface area contributed by atoms with E-state index < -0.39 is 11.6 Å². The largest absolute Gasteiger partial charge is 0.472 e. The molecular formula is C16H16ClF2N3O. The Morgan fingerprint density at radius 2 is 2.00 bits per heavy atom. The molecule has 1 aromatic heterocycles. The molecule has 1 aliphatic heterocycles. The van der Waals surface area contributed by atoms with Crippen LogP contribution in [0.4, 0.5) is 8.78 Å². The van der Waals surface area contributed by atoms with Gasteiger partial charge in [-0.3, -0.25) is 0 Å². The molecule has 0 bridgehead atoms. The predicted octanol–water partition coefficient (Wildman–Crippen LogP) is 3.13. The standard InChI is InChI=1S/C16H16ClF2N3O/c17-11-2-1-10(13(18)8-11)7-15-21-9-14(19)16(22-15)23-12-3-5-20-6-4-12/h1-2,8-9,12,20H,3-7H2. The van der Waals surface area contributed by atoms with Crippen molar-refractivity contribution in [3.63, 3.8) is 0 Å². The summed E-state index contributed by atoms with van der Waals surface area (Å²) in [7, 11) is 0. The third-order valence-corrected chi connectivity index (χ3v) is 3.93. The molecule has 7 heteroatoms. The van der Waals surface area contributed by atoms with Crippen molar-refractivity contribution < 1.29 is 13.5 Å². The third kappa shape index (κ3) is 4.14. The lowest BCUT2D eigenvalue weighted by molar-refractivity contribution is 0.148. The highest BCUT2D eigenvalue weighted by molar-refractivity contribution is 6.30. The quantitative estimate of drug-likeness (QED) is 0.929. The zero-order valence-electron chi connectivity index (χ0n) is 12.4. The van der Waals surface area contributed by atoms with Crippen LogP contribution < -0.4 is 10.1 Å². The zero-order chi connectivity index (χ0) is 16.2. The van der Waals surface area contributed by atoms with Crippen LogP contribution in [-0.2, 0) is 6.42 Å². The molecule has 122 valence electrons. The Balaban J connectivity index is 1.76. The van der Waals surface area contributed by atoms with Gasteiger partial charge in [0, 0.05) is 11.4 Å². The normalized spacial score (nSPS) is 15.6. The molecule has 0 spiro atoms. The van der Waals surface area contributed by atoms with Crippen LogP contribution in [0.15, 0.2) is 24.4 Å². The van der Waals surface area contributed by atoms with E-state index in [1.807, 2.05) is 0 Å². The molecule has 2 aromatic rings.